The van der Waals surface area contributed by atoms with Gasteiger partial charge in [-0.3, -0.25) is 9.59 Å². The molecule has 0 fully saturated rings. The van der Waals surface area contributed by atoms with Gasteiger partial charge in [0.05, 0.1) is 6.21 Å². The highest BCUT2D eigenvalue weighted by Gasteiger charge is 2.31. The summed E-state index contributed by atoms with van der Waals surface area (Å²) in [6.07, 6.45) is 2.92. The zero-order chi connectivity index (χ0) is 10.3. The normalized spacial score (nSPS) is 23.4. The molecule has 72 valence electrons. The predicted octanol–water partition coefficient (Wildman–Crippen LogP) is -1.36. The molecule has 2 heterocycles. The van der Waals surface area contributed by atoms with E-state index in [4.69, 9.17) is 0 Å². The molecule has 0 spiro atoms. The van der Waals surface area contributed by atoms with Gasteiger partial charge in [-0.05, 0) is 0 Å². The van der Waals surface area contributed by atoms with Gasteiger partial charge in [0.15, 0.2) is 5.84 Å². The number of rotatable bonds is 0. The Kier molecular flexibility index (Phi) is 1.61. The minimum absolute atomic E-state index is 0.273. The van der Waals surface area contributed by atoms with Crippen molar-refractivity contribution in [3.63, 3.8) is 0 Å². The van der Waals surface area contributed by atoms with Crippen molar-refractivity contribution >= 4 is 34.1 Å². The van der Waals surface area contributed by atoms with E-state index >= 15 is 0 Å². The first-order valence-electron chi connectivity index (χ1n) is 3.46. The monoisotopic (exact) mass is 213 g/mol. The fourth-order valence-corrected chi connectivity index (χ4v) is 1.64. The Morgan fingerprint density at radius 3 is 2.14 bits per heavy atom. The molecule has 0 aromatic carbocycles. The number of carbonyl (C=O) groups excluding carboxylic acids is 2. The lowest BCUT2D eigenvalue weighted by Crippen LogP contribution is -2.36. The number of nitrogens with zero attached hydrogens (tertiary/aromatic N) is 3. The molecule has 2 rings (SSSR count). The number of amidine groups is 1. The van der Waals surface area contributed by atoms with Gasteiger partial charge < -0.3 is 0 Å². The van der Waals surface area contributed by atoms with E-state index < -0.39 is 22.0 Å². The second-order valence-electron chi connectivity index (χ2n) is 2.48. The number of imide groups is 1. The number of carbonyl (C=O) groups is 2. The van der Waals surface area contributed by atoms with Gasteiger partial charge in [-0.15, -0.1) is 8.80 Å². The van der Waals surface area contributed by atoms with Crippen LogP contribution in [0, 0.1) is 0 Å². The van der Waals surface area contributed by atoms with Gasteiger partial charge in [0.1, 0.15) is 0 Å². The highest BCUT2D eigenvalue weighted by molar-refractivity contribution is 7.89. The summed E-state index contributed by atoms with van der Waals surface area (Å²) in [6, 6.07) is 0. The third-order valence-electron chi connectivity index (χ3n) is 1.55. The Morgan fingerprint density at radius 2 is 1.71 bits per heavy atom. The van der Waals surface area contributed by atoms with Crippen molar-refractivity contribution in [3.05, 3.63) is 12.2 Å². The molecule has 7 nitrogen and oxygen atoms in total. The number of amides is 2. The quantitative estimate of drug-likeness (QED) is 0.464. The van der Waals surface area contributed by atoms with Crippen molar-refractivity contribution in [1.29, 1.82) is 0 Å². The van der Waals surface area contributed by atoms with Crippen LogP contribution in [0.4, 0.5) is 0 Å². The van der Waals surface area contributed by atoms with E-state index in [1.165, 1.54) is 0 Å². The summed E-state index contributed by atoms with van der Waals surface area (Å²) in [5.41, 5.74) is 0. The zero-order valence-electron chi connectivity index (χ0n) is 6.61. The lowest BCUT2D eigenvalue weighted by molar-refractivity contribution is -0.131. The van der Waals surface area contributed by atoms with Gasteiger partial charge in [0, 0.05) is 12.2 Å². The summed E-state index contributed by atoms with van der Waals surface area (Å²) in [4.78, 5) is 22.8. The first-order chi connectivity index (χ1) is 6.49. The number of hydrogen-bond donors (Lipinski definition) is 0. The Balaban J connectivity index is 2.41. The average Bonchev–Trinajstić information content (AvgIpc) is 2.56. The van der Waals surface area contributed by atoms with E-state index in [9.17, 15) is 18.0 Å². The third kappa shape index (κ3) is 1.25. The molecule has 0 aromatic rings. The maximum atomic E-state index is 11.1. The molecule has 0 bridgehead atoms. The summed E-state index contributed by atoms with van der Waals surface area (Å²) >= 11 is 0. The molecule has 0 aliphatic carbocycles. The van der Waals surface area contributed by atoms with Gasteiger partial charge >= 0.3 is 10.2 Å². The Hall–Kier alpha value is -1.83. The van der Waals surface area contributed by atoms with Gasteiger partial charge in [-0.25, -0.2) is 4.90 Å². The fraction of sp³-hybridized carbons (Fsp3) is 0. The fourth-order valence-electron chi connectivity index (χ4n) is 1.00. The molecule has 0 N–H and O–H groups in total. The van der Waals surface area contributed by atoms with Crippen LogP contribution in [0.15, 0.2) is 20.9 Å². The van der Waals surface area contributed by atoms with E-state index in [2.05, 4.69) is 8.80 Å². The second kappa shape index (κ2) is 2.58. The van der Waals surface area contributed by atoms with Gasteiger partial charge in [0.2, 0.25) is 0 Å². The molecule has 2 amide bonds. The maximum Gasteiger partial charge on any atom is 0.365 e. The Labute approximate surface area is 78.6 Å². The predicted molar refractivity (Wildman–Crippen MR) is 45.8 cm³/mol. The highest BCUT2D eigenvalue weighted by atomic mass is 32.2. The minimum Gasteiger partial charge on any atom is -0.269 e. The third-order valence-corrected chi connectivity index (χ3v) is 2.34. The highest BCUT2D eigenvalue weighted by Crippen LogP contribution is 2.10. The topological polar surface area (TPSA) is 96.2 Å². The lowest BCUT2D eigenvalue weighted by Gasteiger charge is -2.08. The van der Waals surface area contributed by atoms with Crippen LogP contribution in [0.1, 0.15) is 0 Å². The smallest absolute Gasteiger partial charge is 0.269 e. The van der Waals surface area contributed by atoms with Crippen LogP contribution in [0.25, 0.3) is 0 Å². The van der Waals surface area contributed by atoms with Crippen molar-refractivity contribution < 1.29 is 18.0 Å². The van der Waals surface area contributed by atoms with Crippen LogP contribution >= 0.6 is 0 Å². The molecular weight excluding hydrogens is 210 g/mol. The van der Waals surface area contributed by atoms with Crippen molar-refractivity contribution in [1.82, 2.24) is 4.90 Å². The standard InChI is InChI=1S/C6H3N3O4S/c10-5-1-2-6(11)9(5)4-3-7-14(12,13)8-4/h1-3H. The van der Waals surface area contributed by atoms with Crippen LogP contribution in [-0.2, 0) is 19.8 Å². The van der Waals surface area contributed by atoms with Crippen LogP contribution < -0.4 is 0 Å². The van der Waals surface area contributed by atoms with Crippen molar-refractivity contribution in [2.75, 3.05) is 0 Å². The van der Waals surface area contributed by atoms with E-state index in [0.29, 0.717) is 4.90 Å². The molecule has 2 aliphatic heterocycles. The molecule has 0 radical (unpaired) electrons. The zero-order valence-corrected chi connectivity index (χ0v) is 7.43. The summed E-state index contributed by atoms with van der Waals surface area (Å²) in [5.74, 6) is -1.53. The van der Waals surface area contributed by atoms with Gasteiger partial charge in [-0.2, -0.15) is 8.42 Å². The van der Waals surface area contributed by atoms with Crippen LogP contribution in [0.5, 0.6) is 0 Å². The van der Waals surface area contributed by atoms with E-state index in [1.54, 1.807) is 0 Å². The van der Waals surface area contributed by atoms with Crippen LogP contribution in [0.3, 0.4) is 0 Å². The molecule has 0 atom stereocenters. The van der Waals surface area contributed by atoms with Gasteiger partial charge in [0.25, 0.3) is 11.8 Å². The molecule has 0 saturated carbocycles. The second-order valence-corrected chi connectivity index (χ2v) is 3.77. The average molecular weight is 213 g/mol. The molecule has 0 unspecified atom stereocenters. The minimum atomic E-state index is -3.90. The van der Waals surface area contributed by atoms with Crippen LogP contribution in [-0.4, -0.2) is 37.2 Å². The van der Waals surface area contributed by atoms with E-state index in [-0.39, 0.29) is 5.84 Å². The SMILES string of the molecule is O=C1C=CC(=O)N1C1=NS(=O)(=O)N=C1. The summed E-state index contributed by atoms with van der Waals surface area (Å²) in [5, 5.41) is 0. The number of hydrogen-bond acceptors (Lipinski definition) is 4. The first kappa shape index (κ1) is 8.75. The van der Waals surface area contributed by atoms with Crippen molar-refractivity contribution in [2.45, 2.75) is 0 Å². The molecule has 0 aromatic heterocycles. The summed E-state index contributed by atoms with van der Waals surface area (Å²) in [7, 11) is -3.90. The maximum absolute atomic E-state index is 11.1. The van der Waals surface area contributed by atoms with Crippen molar-refractivity contribution in [2.24, 2.45) is 8.80 Å². The molecule has 14 heavy (non-hydrogen) atoms. The molecule has 8 heteroatoms. The summed E-state index contributed by atoms with van der Waals surface area (Å²) < 4.78 is 27.7. The first-order valence-corrected chi connectivity index (χ1v) is 4.86. The Morgan fingerprint density at radius 1 is 1.14 bits per heavy atom. The van der Waals surface area contributed by atoms with Crippen molar-refractivity contribution in [3.8, 4) is 0 Å². The molecule has 0 saturated heterocycles. The van der Waals surface area contributed by atoms with Gasteiger partial charge in [-0.1, -0.05) is 0 Å². The summed E-state index contributed by atoms with van der Waals surface area (Å²) in [6.45, 7) is 0. The van der Waals surface area contributed by atoms with Crippen LogP contribution in [0.2, 0.25) is 0 Å². The van der Waals surface area contributed by atoms with E-state index in [0.717, 1.165) is 18.4 Å². The molecular formula is C6H3N3O4S. The Bertz CT molecular complexity index is 495. The largest absolute Gasteiger partial charge is 0.365 e. The molecule has 2 aliphatic rings. The lowest BCUT2D eigenvalue weighted by atomic mass is 10.5. The van der Waals surface area contributed by atoms with E-state index in [1.807, 2.05) is 0 Å².